The molecule has 1 N–H and O–H groups in total. The van der Waals surface area contributed by atoms with Gasteiger partial charge in [0.25, 0.3) is 0 Å². The van der Waals surface area contributed by atoms with Crippen molar-refractivity contribution in [2.75, 3.05) is 44.5 Å². The molecule has 1 saturated heterocycles. The molecule has 0 unspecified atom stereocenters. The number of hydrogen-bond donors (Lipinski definition) is 1. The second kappa shape index (κ2) is 10.4. The van der Waals surface area contributed by atoms with Crippen molar-refractivity contribution < 1.29 is 14.3 Å². The van der Waals surface area contributed by atoms with Crippen LogP contribution in [0.5, 0.6) is 5.75 Å². The first kappa shape index (κ1) is 20.5. The topological polar surface area (TPSA) is 63.2 Å². The van der Waals surface area contributed by atoms with E-state index in [1.807, 2.05) is 30.3 Å². The standard InChI is InChI=1S/C20H22ClN3O3S/c1-26-18-8-7-16(13-17(18)21)22-19(25)14-28-20(24-9-11-27-12-10-24)23-15-5-3-2-4-6-15/h2-8,13H,9-12,14H2,1H3,(H,22,25). The minimum absolute atomic E-state index is 0.125. The molecule has 2 aromatic carbocycles. The van der Waals surface area contributed by atoms with Crippen molar-refractivity contribution in [2.24, 2.45) is 4.99 Å². The Labute approximate surface area is 173 Å². The van der Waals surface area contributed by atoms with Gasteiger partial charge in [-0.05, 0) is 30.3 Å². The first-order valence-electron chi connectivity index (χ1n) is 8.88. The summed E-state index contributed by atoms with van der Waals surface area (Å²) in [6.07, 6.45) is 0. The van der Waals surface area contributed by atoms with Gasteiger partial charge in [0.2, 0.25) is 5.91 Å². The molecule has 0 aliphatic carbocycles. The molecule has 0 bridgehead atoms. The number of hydrogen-bond acceptors (Lipinski definition) is 5. The summed E-state index contributed by atoms with van der Waals surface area (Å²) >= 11 is 7.53. The van der Waals surface area contributed by atoms with Crippen molar-refractivity contribution in [3.8, 4) is 5.75 Å². The van der Waals surface area contributed by atoms with E-state index in [1.54, 1.807) is 25.3 Å². The monoisotopic (exact) mass is 419 g/mol. The zero-order chi connectivity index (χ0) is 19.8. The number of para-hydroxylation sites is 1. The molecule has 6 nitrogen and oxygen atoms in total. The van der Waals surface area contributed by atoms with Crippen molar-refractivity contribution in [3.63, 3.8) is 0 Å². The third-order valence-corrected chi connectivity index (χ3v) is 5.34. The fourth-order valence-corrected chi connectivity index (χ4v) is 3.76. The largest absolute Gasteiger partial charge is 0.495 e. The van der Waals surface area contributed by atoms with Crippen molar-refractivity contribution in [3.05, 3.63) is 53.6 Å². The summed E-state index contributed by atoms with van der Waals surface area (Å²) in [5.74, 6) is 0.686. The molecule has 3 rings (SSSR count). The number of carbonyl (C=O) groups is 1. The van der Waals surface area contributed by atoms with Crippen LogP contribution in [0.4, 0.5) is 11.4 Å². The lowest BCUT2D eigenvalue weighted by molar-refractivity contribution is -0.113. The number of aliphatic imine (C=N–C) groups is 1. The number of nitrogens with one attached hydrogen (secondary N) is 1. The second-order valence-corrected chi connectivity index (χ2v) is 7.37. The average Bonchev–Trinajstić information content (AvgIpc) is 2.72. The van der Waals surface area contributed by atoms with E-state index in [-0.39, 0.29) is 11.7 Å². The molecule has 148 valence electrons. The Morgan fingerprint density at radius 2 is 2.00 bits per heavy atom. The zero-order valence-electron chi connectivity index (χ0n) is 15.6. The van der Waals surface area contributed by atoms with Gasteiger partial charge in [-0.2, -0.15) is 0 Å². The SMILES string of the molecule is COc1ccc(NC(=O)CSC(=Nc2ccccc2)N2CCOCC2)cc1Cl. The minimum atomic E-state index is -0.125. The lowest BCUT2D eigenvalue weighted by atomic mass is 10.3. The highest BCUT2D eigenvalue weighted by Gasteiger charge is 2.17. The van der Waals surface area contributed by atoms with Gasteiger partial charge in [-0.25, -0.2) is 4.99 Å². The van der Waals surface area contributed by atoms with Gasteiger partial charge in [-0.3, -0.25) is 4.79 Å². The van der Waals surface area contributed by atoms with Crippen LogP contribution in [-0.4, -0.2) is 55.1 Å². The van der Waals surface area contributed by atoms with Gasteiger partial charge < -0.3 is 19.7 Å². The summed E-state index contributed by atoms with van der Waals surface area (Å²) in [5.41, 5.74) is 1.49. The maximum absolute atomic E-state index is 12.4. The Bertz CT molecular complexity index is 827. The molecule has 1 heterocycles. The van der Waals surface area contributed by atoms with Crippen LogP contribution in [0.15, 0.2) is 53.5 Å². The number of halogens is 1. The molecule has 1 aliphatic heterocycles. The van der Waals surface area contributed by atoms with Gasteiger partial charge in [-0.1, -0.05) is 41.6 Å². The normalized spacial score (nSPS) is 14.6. The van der Waals surface area contributed by atoms with E-state index in [9.17, 15) is 4.79 Å². The number of ether oxygens (including phenoxy) is 2. The lowest BCUT2D eigenvalue weighted by Crippen LogP contribution is -2.39. The molecule has 0 atom stereocenters. The Kier molecular flexibility index (Phi) is 7.59. The minimum Gasteiger partial charge on any atom is -0.495 e. The van der Waals surface area contributed by atoms with Crippen molar-refractivity contribution in [1.29, 1.82) is 0 Å². The van der Waals surface area contributed by atoms with Crippen molar-refractivity contribution >= 4 is 45.8 Å². The highest BCUT2D eigenvalue weighted by atomic mass is 35.5. The smallest absolute Gasteiger partial charge is 0.234 e. The van der Waals surface area contributed by atoms with Crippen LogP contribution in [-0.2, 0) is 9.53 Å². The summed E-state index contributed by atoms with van der Waals surface area (Å²) in [5, 5.41) is 4.13. The van der Waals surface area contributed by atoms with E-state index in [2.05, 4.69) is 10.2 Å². The van der Waals surface area contributed by atoms with Gasteiger partial charge >= 0.3 is 0 Å². The molecule has 1 aliphatic rings. The molecule has 0 saturated carbocycles. The molecular weight excluding hydrogens is 398 g/mol. The van der Waals surface area contributed by atoms with Gasteiger partial charge in [0.15, 0.2) is 5.17 Å². The maximum Gasteiger partial charge on any atom is 0.234 e. The Hall–Kier alpha value is -2.22. The Morgan fingerprint density at radius 3 is 2.68 bits per heavy atom. The zero-order valence-corrected chi connectivity index (χ0v) is 17.1. The molecule has 8 heteroatoms. The summed E-state index contributed by atoms with van der Waals surface area (Å²) in [7, 11) is 1.55. The predicted octanol–water partition coefficient (Wildman–Crippen LogP) is 4.04. The molecule has 2 aromatic rings. The average molecular weight is 420 g/mol. The molecule has 0 radical (unpaired) electrons. The highest BCUT2D eigenvalue weighted by Crippen LogP contribution is 2.27. The molecule has 1 fully saturated rings. The van der Waals surface area contributed by atoms with Crippen molar-refractivity contribution in [2.45, 2.75) is 0 Å². The molecule has 0 aromatic heterocycles. The molecule has 0 spiro atoms. The first-order chi connectivity index (χ1) is 13.7. The van der Waals surface area contributed by atoms with Gasteiger partial charge in [0.05, 0.1) is 36.8 Å². The number of rotatable bonds is 5. The number of carbonyl (C=O) groups excluding carboxylic acids is 1. The third-order valence-electron chi connectivity index (χ3n) is 4.03. The number of methoxy groups -OCH3 is 1. The van der Waals surface area contributed by atoms with Crippen LogP contribution in [0.3, 0.4) is 0 Å². The van der Waals surface area contributed by atoms with Crippen LogP contribution < -0.4 is 10.1 Å². The number of benzene rings is 2. The Balaban J connectivity index is 1.64. The van der Waals surface area contributed by atoms with E-state index < -0.39 is 0 Å². The molecule has 28 heavy (non-hydrogen) atoms. The van der Waals surface area contributed by atoms with E-state index in [0.29, 0.717) is 29.7 Å². The van der Waals surface area contributed by atoms with Crippen LogP contribution >= 0.6 is 23.4 Å². The van der Waals surface area contributed by atoms with Gasteiger partial charge in [0.1, 0.15) is 5.75 Å². The van der Waals surface area contributed by atoms with Gasteiger partial charge in [0, 0.05) is 18.8 Å². The number of morpholine rings is 1. The highest BCUT2D eigenvalue weighted by molar-refractivity contribution is 8.14. The number of nitrogens with zero attached hydrogens (tertiary/aromatic N) is 2. The van der Waals surface area contributed by atoms with Crippen LogP contribution in [0, 0.1) is 0 Å². The van der Waals surface area contributed by atoms with Crippen LogP contribution in [0.2, 0.25) is 5.02 Å². The van der Waals surface area contributed by atoms with E-state index >= 15 is 0 Å². The fourth-order valence-electron chi connectivity index (χ4n) is 2.63. The third kappa shape index (κ3) is 5.89. The first-order valence-corrected chi connectivity index (χ1v) is 10.2. The number of anilines is 1. The summed E-state index contributed by atoms with van der Waals surface area (Å²) in [6, 6.07) is 14.9. The quantitative estimate of drug-likeness (QED) is 0.585. The number of amidine groups is 1. The predicted molar refractivity (Wildman–Crippen MR) is 115 cm³/mol. The summed E-state index contributed by atoms with van der Waals surface area (Å²) < 4.78 is 10.6. The van der Waals surface area contributed by atoms with Crippen molar-refractivity contribution in [1.82, 2.24) is 4.90 Å². The fraction of sp³-hybridized carbons (Fsp3) is 0.300. The van der Waals surface area contributed by atoms with E-state index in [4.69, 9.17) is 26.1 Å². The number of amides is 1. The van der Waals surface area contributed by atoms with E-state index in [0.717, 1.165) is 23.9 Å². The molecule has 1 amide bonds. The second-order valence-electron chi connectivity index (χ2n) is 6.02. The maximum atomic E-state index is 12.4. The lowest BCUT2D eigenvalue weighted by Gasteiger charge is -2.29. The summed E-state index contributed by atoms with van der Waals surface area (Å²) in [4.78, 5) is 19.3. The molecular formula is C20H22ClN3O3S. The van der Waals surface area contributed by atoms with Crippen LogP contribution in [0.25, 0.3) is 0 Å². The van der Waals surface area contributed by atoms with E-state index in [1.165, 1.54) is 11.8 Å². The van der Waals surface area contributed by atoms with Crippen LogP contribution in [0.1, 0.15) is 0 Å². The van der Waals surface area contributed by atoms with Gasteiger partial charge in [-0.15, -0.1) is 0 Å². The number of thioether (sulfide) groups is 1. The summed E-state index contributed by atoms with van der Waals surface area (Å²) in [6.45, 7) is 2.83. The Morgan fingerprint density at radius 1 is 1.25 bits per heavy atom.